The molecule has 0 bridgehead atoms. The van der Waals surface area contributed by atoms with Crippen molar-refractivity contribution in [3.63, 3.8) is 0 Å². The monoisotopic (exact) mass is 427 g/mol. The van der Waals surface area contributed by atoms with E-state index in [2.05, 4.69) is 16.1 Å². The van der Waals surface area contributed by atoms with Crippen molar-refractivity contribution in [1.29, 1.82) is 0 Å². The van der Waals surface area contributed by atoms with Gasteiger partial charge in [0.25, 0.3) is 5.91 Å². The fraction of sp³-hybridized carbons (Fsp3) is 0.304. The van der Waals surface area contributed by atoms with Crippen LogP contribution in [0.15, 0.2) is 47.0 Å². The Balaban J connectivity index is 1.65. The van der Waals surface area contributed by atoms with E-state index in [0.29, 0.717) is 12.3 Å². The molecule has 7 heteroatoms. The van der Waals surface area contributed by atoms with Crippen LogP contribution in [0.2, 0.25) is 5.02 Å². The Morgan fingerprint density at radius 3 is 2.67 bits per heavy atom. The number of anilines is 1. The number of hydrogen-bond donors (Lipinski definition) is 0. The molecule has 0 N–H and O–H groups in total. The van der Waals surface area contributed by atoms with Gasteiger partial charge in [0, 0.05) is 32.4 Å². The lowest BCUT2D eigenvalue weighted by atomic mass is 10.0. The summed E-state index contributed by atoms with van der Waals surface area (Å²) in [6.07, 6.45) is 2.35. The van der Waals surface area contributed by atoms with Gasteiger partial charge in [-0.25, -0.2) is 4.39 Å². The van der Waals surface area contributed by atoms with Crippen molar-refractivity contribution in [2.45, 2.75) is 26.3 Å². The van der Waals surface area contributed by atoms with Crippen molar-refractivity contribution in [3.8, 4) is 11.3 Å². The number of benzene rings is 2. The van der Waals surface area contributed by atoms with Crippen LogP contribution < -0.4 is 4.90 Å². The number of para-hydroxylation sites is 1. The van der Waals surface area contributed by atoms with E-state index in [9.17, 15) is 9.18 Å². The lowest BCUT2D eigenvalue weighted by Gasteiger charge is -2.24. The standard InChI is InChI=1S/C23H23ClFN3O2/c1-15-20(22(26-30-15)21-17(24)9-7-10-18(21)25)23(29)27(2)14-16-8-3-4-11-19(16)28-12-5-6-13-28/h3-4,7-11H,5-6,12-14H2,1-2H3. The Hall–Kier alpha value is -2.86. The SMILES string of the molecule is Cc1onc(-c2c(F)cccc2Cl)c1C(=O)N(C)Cc1ccccc1N1CCCC1. The number of aromatic nitrogens is 1. The Bertz CT molecular complexity index is 1060. The van der Waals surface area contributed by atoms with E-state index in [-0.39, 0.29) is 27.8 Å². The average molecular weight is 428 g/mol. The van der Waals surface area contributed by atoms with Gasteiger partial charge in [0.05, 0.1) is 10.6 Å². The molecule has 1 aliphatic heterocycles. The van der Waals surface area contributed by atoms with Gasteiger partial charge in [0.2, 0.25) is 0 Å². The first-order chi connectivity index (χ1) is 14.5. The summed E-state index contributed by atoms with van der Waals surface area (Å²) in [4.78, 5) is 17.3. The molecule has 2 aromatic carbocycles. The Morgan fingerprint density at radius 2 is 1.93 bits per heavy atom. The minimum atomic E-state index is -0.549. The average Bonchev–Trinajstić information content (AvgIpc) is 3.38. The Kier molecular flexibility index (Phi) is 5.77. The molecule has 1 aromatic heterocycles. The summed E-state index contributed by atoms with van der Waals surface area (Å²) in [5, 5.41) is 4.12. The second kappa shape index (κ2) is 8.48. The largest absolute Gasteiger partial charge is 0.371 e. The first-order valence-corrected chi connectivity index (χ1v) is 10.3. The topological polar surface area (TPSA) is 49.6 Å². The van der Waals surface area contributed by atoms with Crippen LogP contribution in [0.3, 0.4) is 0 Å². The highest BCUT2D eigenvalue weighted by atomic mass is 35.5. The fourth-order valence-corrected chi connectivity index (χ4v) is 4.20. The normalized spacial score (nSPS) is 13.7. The number of carbonyl (C=O) groups excluding carboxylic acids is 1. The number of nitrogens with zero attached hydrogens (tertiary/aromatic N) is 3. The van der Waals surface area contributed by atoms with Crippen molar-refractivity contribution in [3.05, 3.63) is 70.2 Å². The van der Waals surface area contributed by atoms with Gasteiger partial charge in [-0.2, -0.15) is 0 Å². The molecular formula is C23H23ClFN3O2. The number of halogens is 2. The number of aryl methyl sites for hydroxylation is 1. The number of rotatable bonds is 5. The molecule has 1 aliphatic rings. The molecule has 30 heavy (non-hydrogen) atoms. The van der Waals surface area contributed by atoms with E-state index in [4.69, 9.17) is 16.1 Å². The smallest absolute Gasteiger partial charge is 0.259 e. The predicted molar refractivity (Wildman–Crippen MR) is 115 cm³/mol. The number of hydrogen-bond acceptors (Lipinski definition) is 4. The van der Waals surface area contributed by atoms with Crippen LogP contribution in [0.1, 0.15) is 34.5 Å². The zero-order chi connectivity index (χ0) is 21.3. The van der Waals surface area contributed by atoms with Gasteiger partial charge >= 0.3 is 0 Å². The van der Waals surface area contributed by atoms with Crippen molar-refractivity contribution in [1.82, 2.24) is 10.1 Å². The summed E-state index contributed by atoms with van der Waals surface area (Å²) in [5.41, 5.74) is 2.64. The van der Waals surface area contributed by atoms with Crippen LogP contribution in [0.25, 0.3) is 11.3 Å². The molecule has 1 amide bonds. The highest BCUT2D eigenvalue weighted by Gasteiger charge is 2.28. The first-order valence-electron chi connectivity index (χ1n) is 9.96. The number of carbonyl (C=O) groups is 1. The van der Waals surface area contributed by atoms with Gasteiger partial charge in [0.15, 0.2) is 0 Å². The fourth-order valence-electron chi connectivity index (χ4n) is 3.95. The molecule has 0 aliphatic carbocycles. The highest BCUT2D eigenvalue weighted by Crippen LogP contribution is 2.34. The van der Waals surface area contributed by atoms with Gasteiger partial charge in [0.1, 0.15) is 22.8 Å². The van der Waals surface area contributed by atoms with E-state index in [1.807, 2.05) is 18.2 Å². The zero-order valence-electron chi connectivity index (χ0n) is 17.0. The zero-order valence-corrected chi connectivity index (χ0v) is 17.7. The minimum Gasteiger partial charge on any atom is -0.371 e. The maximum atomic E-state index is 14.5. The summed E-state index contributed by atoms with van der Waals surface area (Å²) in [6.45, 7) is 4.11. The molecule has 0 atom stereocenters. The molecule has 0 saturated carbocycles. The summed E-state index contributed by atoms with van der Waals surface area (Å²) < 4.78 is 19.7. The molecule has 0 unspecified atom stereocenters. The van der Waals surface area contributed by atoms with Crippen LogP contribution in [-0.2, 0) is 6.54 Å². The second-order valence-electron chi connectivity index (χ2n) is 7.54. The lowest BCUT2D eigenvalue weighted by Crippen LogP contribution is -2.28. The lowest BCUT2D eigenvalue weighted by molar-refractivity contribution is 0.0784. The van der Waals surface area contributed by atoms with Gasteiger partial charge in [-0.1, -0.05) is 41.0 Å². The summed E-state index contributed by atoms with van der Waals surface area (Å²) in [7, 11) is 1.72. The molecule has 1 saturated heterocycles. The third-order valence-corrected chi connectivity index (χ3v) is 5.78. The van der Waals surface area contributed by atoms with E-state index < -0.39 is 5.82 Å². The van der Waals surface area contributed by atoms with Crippen molar-refractivity contribution >= 4 is 23.2 Å². The molecule has 3 aromatic rings. The summed E-state index contributed by atoms with van der Waals surface area (Å²) in [5.74, 6) is -0.514. The molecule has 0 spiro atoms. The molecule has 0 radical (unpaired) electrons. The van der Waals surface area contributed by atoms with Crippen LogP contribution in [0, 0.1) is 12.7 Å². The third-order valence-electron chi connectivity index (χ3n) is 5.47. The first kappa shape index (κ1) is 20.4. The van der Waals surface area contributed by atoms with E-state index in [0.717, 1.165) is 24.3 Å². The van der Waals surface area contributed by atoms with Crippen molar-refractivity contribution in [2.24, 2.45) is 0 Å². The van der Waals surface area contributed by atoms with E-state index in [1.54, 1.807) is 24.9 Å². The summed E-state index contributed by atoms with van der Waals surface area (Å²) in [6, 6.07) is 12.5. The van der Waals surface area contributed by atoms with Crippen molar-refractivity contribution in [2.75, 3.05) is 25.0 Å². The molecule has 4 rings (SSSR count). The molecule has 5 nitrogen and oxygen atoms in total. The van der Waals surface area contributed by atoms with Crippen LogP contribution in [0.5, 0.6) is 0 Å². The predicted octanol–water partition coefficient (Wildman–Crippen LogP) is 5.31. The Labute approximate surface area is 180 Å². The van der Waals surface area contributed by atoms with Gasteiger partial charge in [-0.05, 0) is 43.5 Å². The molecule has 156 valence electrons. The van der Waals surface area contributed by atoms with Crippen LogP contribution in [-0.4, -0.2) is 36.1 Å². The molecule has 2 heterocycles. The molecular weight excluding hydrogens is 405 g/mol. The maximum absolute atomic E-state index is 14.5. The van der Waals surface area contributed by atoms with E-state index >= 15 is 0 Å². The van der Waals surface area contributed by atoms with E-state index in [1.165, 1.54) is 25.0 Å². The molecule has 1 fully saturated rings. The van der Waals surface area contributed by atoms with Crippen molar-refractivity contribution < 1.29 is 13.7 Å². The number of amides is 1. The van der Waals surface area contributed by atoms with Crippen LogP contribution in [0.4, 0.5) is 10.1 Å². The van der Waals surface area contributed by atoms with Crippen LogP contribution >= 0.6 is 11.6 Å². The van der Waals surface area contributed by atoms with Gasteiger partial charge in [-0.15, -0.1) is 0 Å². The Morgan fingerprint density at radius 1 is 1.20 bits per heavy atom. The minimum absolute atomic E-state index is 0.0743. The maximum Gasteiger partial charge on any atom is 0.259 e. The second-order valence-corrected chi connectivity index (χ2v) is 7.95. The van der Waals surface area contributed by atoms with Gasteiger partial charge in [-0.3, -0.25) is 4.79 Å². The summed E-state index contributed by atoms with van der Waals surface area (Å²) >= 11 is 6.20. The highest BCUT2D eigenvalue weighted by molar-refractivity contribution is 6.33. The van der Waals surface area contributed by atoms with Gasteiger partial charge < -0.3 is 14.3 Å². The third kappa shape index (κ3) is 3.79. The quantitative estimate of drug-likeness (QED) is 0.553.